The first-order valence-electron chi connectivity index (χ1n) is 18.6. The average molecular weight is 880 g/mol. The number of carbonyl (C=O) groups is 1. The molecule has 1 N–H and O–H groups in total. The molecular weight excluding hydrogens is 821 g/mol. The fourth-order valence-corrected chi connectivity index (χ4v) is 6.24. The topological polar surface area (TPSA) is 67.2 Å². The van der Waals surface area contributed by atoms with Gasteiger partial charge in [-0.3, -0.25) is 9.78 Å². The van der Waals surface area contributed by atoms with Crippen LogP contribution in [-0.4, -0.2) is 15.9 Å². The van der Waals surface area contributed by atoms with E-state index in [0.29, 0.717) is 5.92 Å². The molecule has 0 bridgehead atoms. The molecule has 3 aromatic heterocycles. The predicted octanol–water partition coefficient (Wildman–Crippen LogP) is 12.2. The molecule has 0 aliphatic carbocycles. The number of hydrogen-bond donors (Lipinski definition) is 1. The van der Waals surface area contributed by atoms with Crippen LogP contribution >= 0.6 is 0 Å². The molecule has 0 aliphatic rings. The third-order valence-electron chi connectivity index (χ3n) is 10.9. The van der Waals surface area contributed by atoms with Gasteiger partial charge in [0, 0.05) is 68.3 Å². The summed E-state index contributed by atoms with van der Waals surface area (Å²) in [7, 11) is 4.25. The first-order chi connectivity index (χ1) is 24.0. The number of pyridine rings is 2. The van der Waals surface area contributed by atoms with Crippen LogP contribution in [0.2, 0.25) is 0 Å². The van der Waals surface area contributed by atoms with E-state index >= 15 is 0 Å². The first-order valence-corrected chi connectivity index (χ1v) is 18.6. The van der Waals surface area contributed by atoms with Crippen molar-refractivity contribution in [2.45, 2.75) is 114 Å². The summed E-state index contributed by atoms with van der Waals surface area (Å²) in [6.45, 7) is 23.2. The fourth-order valence-electron chi connectivity index (χ4n) is 6.24. The summed E-state index contributed by atoms with van der Waals surface area (Å²) in [5.41, 5.74) is 6.58. The molecule has 6 heteroatoms. The van der Waals surface area contributed by atoms with E-state index in [1.807, 2.05) is 58.5 Å². The van der Waals surface area contributed by atoms with Crippen LogP contribution in [0.25, 0.3) is 44.3 Å². The van der Waals surface area contributed by atoms with Gasteiger partial charge in [0.05, 0.1) is 6.20 Å². The van der Waals surface area contributed by atoms with Crippen molar-refractivity contribution in [2.75, 3.05) is 0 Å². The SMILES string of the molecule is CCC(C)(CC)C(=O)/C=C(\O)C(C)(CC)CC.[CH2-][n+]1ccc(-c2cnc3cc(CC(C)C)oc3c2)cc1-c1[c-]c2ccccc2c(C(C)(C)C)c1.[Ir]. The van der Waals surface area contributed by atoms with Crippen molar-refractivity contribution in [3.8, 4) is 22.4 Å². The smallest absolute Gasteiger partial charge is 0.164 e. The molecule has 1 radical (unpaired) electrons. The number of ketones is 1. The van der Waals surface area contributed by atoms with Gasteiger partial charge in [0.1, 0.15) is 22.7 Å². The minimum atomic E-state index is -0.337. The van der Waals surface area contributed by atoms with Gasteiger partial charge in [-0.2, -0.15) is 0 Å². The third kappa shape index (κ3) is 9.62. The van der Waals surface area contributed by atoms with Gasteiger partial charge in [0.25, 0.3) is 0 Å². The predicted molar refractivity (Wildman–Crippen MR) is 213 cm³/mol. The van der Waals surface area contributed by atoms with Gasteiger partial charge in [-0.1, -0.05) is 105 Å². The van der Waals surface area contributed by atoms with Crippen molar-refractivity contribution in [1.82, 2.24) is 4.98 Å². The van der Waals surface area contributed by atoms with Gasteiger partial charge >= 0.3 is 0 Å². The Morgan fingerprint density at radius 3 is 2.15 bits per heavy atom. The number of allylic oxidation sites excluding steroid dienone is 2. The molecule has 52 heavy (non-hydrogen) atoms. The van der Waals surface area contributed by atoms with E-state index in [-0.39, 0.29) is 47.9 Å². The van der Waals surface area contributed by atoms with Crippen molar-refractivity contribution >= 4 is 27.7 Å². The first kappa shape index (κ1) is 42.7. The number of furan rings is 1. The van der Waals surface area contributed by atoms with Crippen LogP contribution in [0, 0.1) is 29.9 Å². The molecule has 5 nitrogen and oxygen atoms in total. The molecular formula is C46H59IrN2O3-. The van der Waals surface area contributed by atoms with E-state index in [9.17, 15) is 9.90 Å². The minimum absolute atomic E-state index is 0. The standard InChI is InChI=1S/C31H31N2O.C15H28O2.Ir/c1-20(2)13-25-18-28-30(34-25)17-24(19-32-28)21-11-12-33(6)29(16-21)23-14-22-9-7-8-10-26(22)27(15-23)31(3,4)5;1-7-14(5,8-2)12(16)11-13(17)15(6,9-3)10-4;/h7-12,15-20H,6,13H2,1-5H3;11,16H,7-10H2,1-6H3;/q-1;;/b;12-11-;. The zero-order valence-corrected chi connectivity index (χ0v) is 35.6. The maximum atomic E-state index is 12.2. The number of aliphatic hydroxyl groups excluding tert-OH is 1. The van der Waals surface area contributed by atoms with Crippen molar-refractivity contribution in [2.24, 2.45) is 16.7 Å². The van der Waals surface area contributed by atoms with Crippen LogP contribution in [0.4, 0.5) is 0 Å². The molecule has 0 aliphatic heterocycles. The van der Waals surface area contributed by atoms with Crippen LogP contribution in [-0.2, 0) is 36.7 Å². The molecule has 5 rings (SSSR count). The molecule has 0 unspecified atom stereocenters. The summed E-state index contributed by atoms with van der Waals surface area (Å²) in [5.74, 6) is 1.81. The second-order valence-corrected chi connectivity index (χ2v) is 16.0. The van der Waals surface area contributed by atoms with Crippen molar-refractivity contribution in [3.63, 3.8) is 0 Å². The summed E-state index contributed by atoms with van der Waals surface area (Å²) < 4.78 is 8.01. The molecule has 3 heterocycles. The molecule has 0 saturated carbocycles. The quantitative estimate of drug-likeness (QED) is 0.0621. The van der Waals surface area contributed by atoms with Crippen LogP contribution < -0.4 is 4.57 Å². The zero-order chi connectivity index (χ0) is 37.7. The largest absolute Gasteiger partial charge is 0.512 e. The van der Waals surface area contributed by atoms with E-state index < -0.39 is 0 Å². The number of carbonyl (C=O) groups excluding carboxylic acids is 1. The Kier molecular flexibility index (Phi) is 14.3. The van der Waals surface area contributed by atoms with Gasteiger partial charge in [-0.05, 0) is 60.8 Å². The van der Waals surface area contributed by atoms with Gasteiger partial charge < -0.3 is 14.1 Å². The molecule has 0 atom stereocenters. The Morgan fingerprint density at radius 1 is 0.923 bits per heavy atom. The molecule has 2 aromatic carbocycles. The Hall–Kier alpha value is -3.73. The molecule has 5 aromatic rings. The van der Waals surface area contributed by atoms with E-state index in [1.165, 1.54) is 17.0 Å². The van der Waals surface area contributed by atoms with Crippen LogP contribution in [0.1, 0.15) is 113 Å². The van der Waals surface area contributed by atoms with Gasteiger partial charge in [0.2, 0.25) is 0 Å². The van der Waals surface area contributed by atoms with E-state index in [2.05, 4.69) is 107 Å². The molecule has 0 amide bonds. The van der Waals surface area contributed by atoms with Crippen LogP contribution in [0.15, 0.2) is 83.2 Å². The molecule has 0 fully saturated rings. The summed E-state index contributed by atoms with van der Waals surface area (Å²) in [4.78, 5) is 16.9. The van der Waals surface area contributed by atoms with Gasteiger partial charge in [0.15, 0.2) is 11.4 Å². The van der Waals surface area contributed by atoms with E-state index in [0.717, 1.165) is 76.7 Å². The average Bonchev–Trinajstić information content (AvgIpc) is 3.51. The van der Waals surface area contributed by atoms with Crippen molar-refractivity contribution < 1.29 is 39.0 Å². The second kappa shape index (κ2) is 17.4. The zero-order valence-electron chi connectivity index (χ0n) is 33.2. The number of nitrogens with zero attached hydrogens (tertiary/aromatic N) is 2. The second-order valence-electron chi connectivity index (χ2n) is 16.0. The summed E-state index contributed by atoms with van der Waals surface area (Å²) in [6.07, 6.45) is 9.59. The van der Waals surface area contributed by atoms with Gasteiger partial charge in [-0.15, -0.1) is 29.1 Å². The Bertz CT molecular complexity index is 2010. The van der Waals surface area contributed by atoms with E-state index in [1.54, 1.807) is 0 Å². The van der Waals surface area contributed by atoms with Crippen LogP contribution in [0.3, 0.4) is 0 Å². The molecule has 281 valence electrons. The van der Waals surface area contributed by atoms with E-state index in [4.69, 9.17) is 4.42 Å². The maximum Gasteiger partial charge on any atom is 0.164 e. The summed E-state index contributed by atoms with van der Waals surface area (Å²) in [5, 5.41) is 12.5. The number of aromatic nitrogens is 2. The Morgan fingerprint density at radius 2 is 1.56 bits per heavy atom. The van der Waals surface area contributed by atoms with Crippen molar-refractivity contribution in [1.29, 1.82) is 0 Å². The number of rotatable bonds is 11. The number of hydrogen-bond acceptors (Lipinski definition) is 4. The number of benzene rings is 2. The number of aliphatic hydroxyl groups is 1. The normalized spacial score (nSPS) is 12.5. The monoisotopic (exact) mass is 880 g/mol. The molecule has 0 spiro atoms. The Labute approximate surface area is 326 Å². The molecule has 0 saturated heterocycles. The summed E-state index contributed by atoms with van der Waals surface area (Å²) in [6, 6.07) is 22.8. The fraction of sp³-hybridized carbons (Fsp3) is 0.435. The Balaban J connectivity index is 0.000000347. The number of fused-ring (bicyclic) bond motifs is 2. The maximum absolute atomic E-state index is 12.2. The van der Waals surface area contributed by atoms with Crippen molar-refractivity contribution in [3.05, 3.63) is 103 Å². The third-order valence-corrected chi connectivity index (χ3v) is 10.9. The van der Waals surface area contributed by atoms with Crippen LogP contribution in [0.5, 0.6) is 0 Å². The minimum Gasteiger partial charge on any atom is -0.512 e. The summed E-state index contributed by atoms with van der Waals surface area (Å²) >= 11 is 0. The van der Waals surface area contributed by atoms with Gasteiger partial charge in [-0.25, -0.2) is 0 Å².